The monoisotopic (exact) mass is 441 g/mol. The van der Waals surface area contributed by atoms with Gasteiger partial charge < -0.3 is 19.5 Å². The number of hydrogen-bond acceptors (Lipinski definition) is 5. The molecule has 0 radical (unpaired) electrons. The van der Waals surface area contributed by atoms with E-state index in [0.29, 0.717) is 46.4 Å². The number of halogens is 3. The quantitative estimate of drug-likeness (QED) is 0.564. The number of nitrogens with zero attached hydrogens (tertiary/aromatic N) is 4. The zero-order valence-corrected chi connectivity index (χ0v) is 17.5. The first-order chi connectivity index (χ1) is 13.4. The summed E-state index contributed by atoms with van der Waals surface area (Å²) in [5, 5.41) is 4.61. The Morgan fingerprint density at radius 2 is 1.89 bits per heavy atom. The van der Waals surface area contributed by atoms with E-state index in [1.807, 2.05) is 17.7 Å². The van der Waals surface area contributed by atoms with Crippen LogP contribution in [0.5, 0.6) is 0 Å². The number of anilines is 1. The SMILES string of the molecule is COC(=O)N(CCNc1nc2nc(Cl)ccc2n1C)Cc1cc(Cl)cc(Cl)c1. The summed E-state index contributed by atoms with van der Waals surface area (Å²) in [5.41, 5.74) is 2.21. The van der Waals surface area contributed by atoms with Crippen LogP contribution in [0.25, 0.3) is 11.2 Å². The molecule has 1 aromatic carbocycles. The van der Waals surface area contributed by atoms with Crippen molar-refractivity contribution in [1.29, 1.82) is 0 Å². The molecular weight excluding hydrogens is 425 g/mol. The second-order valence-electron chi connectivity index (χ2n) is 6.07. The van der Waals surface area contributed by atoms with Crippen LogP contribution in [0.15, 0.2) is 30.3 Å². The molecule has 0 unspecified atom stereocenters. The Labute approximate surface area is 177 Å². The fourth-order valence-electron chi connectivity index (χ4n) is 2.80. The lowest BCUT2D eigenvalue weighted by Crippen LogP contribution is -2.34. The number of nitrogens with one attached hydrogen (secondary N) is 1. The van der Waals surface area contributed by atoms with Crippen LogP contribution in [0.2, 0.25) is 15.2 Å². The maximum atomic E-state index is 12.1. The molecule has 28 heavy (non-hydrogen) atoms. The lowest BCUT2D eigenvalue weighted by Gasteiger charge is -2.22. The van der Waals surface area contributed by atoms with Crippen molar-refractivity contribution in [3.63, 3.8) is 0 Å². The third kappa shape index (κ3) is 4.79. The number of aryl methyl sites for hydroxylation is 1. The van der Waals surface area contributed by atoms with Crippen LogP contribution in [0.4, 0.5) is 10.7 Å². The molecule has 3 aromatic rings. The summed E-state index contributed by atoms with van der Waals surface area (Å²) in [6.07, 6.45) is -0.448. The van der Waals surface area contributed by atoms with Crippen molar-refractivity contribution in [1.82, 2.24) is 19.4 Å². The molecule has 0 fully saturated rings. The van der Waals surface area contributed by atoms with E-state index < -0.39 is 6.09 Å². The Morgan fingerprint density at radius 3 is 2.57 bits per heavy atom. The fraction of sp³-hybridized carbons (Fsp3) is 0.278. The maximum absolute atomic E-state index is 12.1. The summed E-state index contributed by atoms with van der Waals surface area (Å²) in [6.45, 7) is 1.15. The third-order valence-electron chi connectivity index (χ3n) is 4.10. The normalized spacial score (nSPS) is 10.9. The molecule has 2 heterocycles. The average molecular weight is 443 g/mol. The van der Waals surface area contributed by atoms with Crippen molar-refractivity contribution in [3.8, 4) is 0 Å². The molecule has 148 valence electrons. The molecule has 0 aliphatic carbocycles. The number of ether oxygens (including phenoxy) is 1. The zero-order chi connectivity index (χ0) is 20.3. The number of aromatic nitrogens is 3. The van der Waals surface area contributed by atoms with E-state index in [0.717, 1.165) is 11.1 Å². The molecule has 0 aliphatic rings. The van der Waals surface area contributed by atoms with E-state index in [2.05, 4.69) is 15.3 Å². The number of methoxy groups -OCH3 is 1. The number of pyridine rings is 1. The smallest absolute Gasteiger partial charge is 0.409 e. The summed E-state index contributed by atoms with van der Waals surface area (Å²) < 4.78 is 6.75. The van der Waals surface area contributed by atoms with Gasteiger partial charge in [-0.3, -0.25) is 0 Å². The van der Waals surface area contributed by atoms with Crippen molar-refractivity contribution in [2.24, 2.45) is 7.05 Å². The summed E-state index contributed by atoms with van der Waals surface area (Å²) in [7, 11) is 3.22. The molecule has 1 N–H and O–H groups in total. The molecule has 0 aliphatic heterocycles. The summed E-state index contributed by atoms with van der Waals surface area (Å²) in [4.78, 5) is 22.3. The van der Waals surface area contributed by atoms with Crippen molar-refractivity contribution in [2.75, 3.05) is 25.5 Å². The highest BCUT2D eigenvalue weighted by atomic mass is 35.5. The highest BCUT2D eigenvalue weighted by Gasteiger charge is 2.16. The minimum atomic E-state index is -0.448. The molecule has 0 saturated heterocycles. The minimum Gasteiger partial charge on any atom is -0.453 e. The van der Waals surface area contributed by atoms with E-state index in [4.69, 9.17) is 39.5 Å². The molecule has 0 atom stereocenters. The molecular formula is C18H18Cl3N5O2. The number of carbonyl (C=O) groups excluding carboxylic acids is 1. The molecule has 2 aromatic heterocycles. The van der Waals surface area contributed by atoms with Crippen LogP contribution in [0, 0.1) is 0 Å². The van der Waals surface area contributed by atoms with Gasteiger partial charge in [-0.25, -0.2) is 9.78 Å². The number of rotatable bonds is 6. The molecule has 0 spiro atoms. The van der Waals surface area contributed by atoms with Gasteiger partial charge in [0.15, 0.2) is 5.65 Å². The molecule has 7 nitrogen and oxygen atoms in total. The summed E-state index contributed by atoms with van der Waals surface area (Å²) in [5.74, 6) is 0.625. The number of hydrogen-bond donors (Lipinski definition) is 1. The highest BCUT2D eigenvalue weighted by molar-refractivity contribution is 6.34. The largest absolute Gasteiger partial charge is 0.453 e. The van der Waals surface area contributed by atoms with Gasteiger partial charge >= 0.3 is 6.09 Å². The predicted molar refractivity (Wildman–Crippen MR) is 111 cm³/mol. The van der Waals surface area contributed by atoms with E-state index in [9.17, 15) is 4.79 Å². The van der Waals surface area contributed by atoms with Gasteiger partial charge in [-0.15, -0.1) is 0 Å². The Morgan fingerprint density at radius 1 is 1.18 bits per heavy atom. The van der Waals surface area contributed by atoms with Gasteiger partial charge in [-0.2, -0.15) is 4.98 Å². The fourth-order valence-corrected chi connectivity index (χ4v) is 3.51. The predicted octanol–water partition coefficient (Wildman–Crippen LogP) is 4.61. The van der Waals surface area contributed by atoms with Gasteiger partial charge in [0.25, 0.3) is 0 Å². The summed E-state index contributed by atoms with van der Waals surface area (Å²) >= 11 is 18.0. The van der Waals surface area contributed by atoms with Crippen LogP contribution in [-0.4, -0.2) is 45.7 Å². The average Bonchev–Trinajstić information content (AvgIpc) is 2.94. The van der Waals surface area contributed by atoms with Gasteiger partial charge in [-0.1, -0.05) is 34.8 Å². The summed E-state index contributed by atoms with van der Waals surface area (Å²) in [6, 6.07) is 8.73. The van der Waals surface area contributed by atoms with E-state index in [1.54, 1.807) is 29.2 Å². The third-order valence-corrected chi connectivity index (χ3v) is 4.75. The Kier molecular flexibility index (Phi) is 6.49. The van der Waals surface area contributed by atoms with Crippen LogP contribution in [0.1, 0.15) is 5.56 Å². The van der Waals surface area contributed by atoms with Crippen LogP contribution < -0.4 is 5.32 Å². The first-order valence-corrected chi connectivity index (χ1v) is 9.51. The topological polar surface area (TPSA) is 72.3 Å². The van der Waals surface area contributed by atoms with E-state index >= 15 is 0 Å². The highest BCUT2D eigenvalue weighted by Crippen LogP contribution is 2.21. The number of fused-ring (bicyclic) bond motifs is 1. The van der Waals surface area contributed by atoms with Crippen LogP contribution in [0.3, 0.4) is 0 Å². The van der Waals surface area contributed by atoms with Gasteiger partial charge in [0.05, 0.1) is 12.6 Å². The van der Waals surface area contributed by atoms with Crippen molar-refractivity contribution >= 4 is 58.0 Å². The molecule has 10 heteroatoms. The second-order valence-corrected chi connectivity index (χ2v) is 7.33. The molecule has 0 bridgehead atoms. The molecule has 0 saturated carbocycles. The van der Waals surface area contributed by atoms with Crippen LogP contribution >= 0.6 is 34.8 Å². The Balaban J connectivity index is 1.69. The number of benzene rings is 1. The van der Waals surface area contributed by atoms with E-state index in [-0.39, 0.29) is 0 Å². The minimum absolute atomic E-state index is 0.314. The van der Waals surface area contributed by atoms with Gasteiger partial charge in [0.1, 0.15) is 5.15 Å². The first-order valence-electron chi connectivity index (χ1n) is 8.38. The van der Waals surface area contributed by atoms with E-state index in [1.165, 1.54) is 7.11 Å². The molecule has 3 rings (SSSR count). The maximum Gasteiger partial charge on any atom is 0.409 e. The zero-order valence-electron chi connectivity index (χ0n) is 15.2. The van der Waals surface area contributed by atoms with Crippen molar-refractivity contribution < 1.29 is 9.53 Å². The Bertz CT molecular complexity index is 988. The van der Waals surface area contributed by atoms with Crippen molar-refractivity contribution in [3.05, 3.63) is 51.1 Å². The lowest BCUT2D eigenvalue weighted by atomic mass is 10.2. The van der Waals surface area contributed by atoms with Gasteiger partial charge in [0, 0.05) is 36.7 Å². The molecule has 1 amide bonds. The first kappa shape index (κ1) is 20.5. The number of amides is 1. The van der Waals surface area contributed by atoms with Gasteiger partial charge in [0.2, 0.25) is 5.95 Å². The standard InChI is InChI=1S/C18H18Cl3N5O2/c1-25-14-3-4-15(21)23-16(14)24-17(25)22-5-6-26(18(27)28-2)10-11-7-12(19)9-13(20)8-11/h3-4,7-9H,5-6,10H2,1-2H3,(H,22,23,24). The lowest BCUT2D eigenvalue weighted by molar-refractivity contribution is 0.122. The number of imidazole rings is 1. The van der Waals surface area contributed by atoms with Gasteiger partial charge in [-0.05, 0) is 35.9 Å². The van der Waals surface area contributed by atoms with Crippen molar-refractivity contribution in [2.45, 2.75) is 6.54 Å². The van der Waals surface area contributed by atoms with Crippen LogP contribution in [-0.2, 0) is 18.3 Å². The Hall–Kier alpha value is -2.22. The second kappa shape index (κ2) is 8.86. The number of carbonyl (C=O) groups is 1.